The quantitative estimate of drug-likeness (QED) is 0.580. The van der Waals surface area contributed by atoms with Crippen LogP contribution in [-0.2, 0) is 0 Å². The van der Waals surface area contributed by atoms with E-state index >= 15 is 0 Å². The first-order chi connectivity index (χ1) is 4.16. The summed E-state index contributed by atoms with van der Waals surface area (Å²) in [5, 5.41) is 2.13. The molecule has 0 aliphatic carbocycles. The maximum atomic E-state index is 3.86. The van der Waals surface area contributed by atoms with E-state index in [-0.39, 0.29) is 0 Å². The van der Waals surface area contributed by atoms with Gasteiger partial charge in [0.1, 0.15) is 0 Å². The van der Waals surface area contributed by atoms with Crippen LogP contribution in [0.1, 0.15) is 27.2 Å². The van der Waals surface area contributed by atoms with Crippen LogP contribution in [0, 0.1) is 0 Å². The number of rotatable bonds is 3. The Kier molecular flexibility index (Phi) is 4.60. The van der Waals surface area contributed by atoms with E-state index in [1.165, 1.54) is 10.5 Å². The van der Waals surface area contributed by atoms with E-state index in [4.69, 9.17) is 0 Å². The summed E-state index contributed by atoms with van der Waals surface area (Å²) >= 11 is 1.73. The molecule has 0 rings (SSSR count). The summed E-state index contributed by atoms with van der Waals surface area (Å²) in [6, 6.07) is 0. The molecule has 0 radical (unpaired) electrons. The van der Waals surface area contributed by atoms with Crippen molar-refractivity contribution in [1.82, 2.24) is 0 Å². The standard InChI is InChI=1S/C8H14S/c1-5-8(4)9-6-7(2)3/h6H,4-5H2,1-3H3. The lowest BCUT2D eigenvalue weighted by molar-refractivity contribution is 1.21. The molecule has 0 aliphatic heterocycles. The van der Waals surface area contributed by atoms with Gasteiger partial charge in [-0.3, -0.25) is 0 Å². The molecule has 0 atom stereocenters. The van der Waals surface area contributed by atoms with Gasteiger partial charge in [0, 0.05) is 0 Å². The summed E-state index contributed by atoms with van der Waals surface area (Å²) in [6.45, 7) is 10.2. The van der Waals surface area contributed by atoms with E-state index < -0.39 is 0 Å². The van der Waals surface area contributed by atoms with E-state index in [2.05, 4.69) is 32.8 Å². The third kappa shape index (κ3) is 5.71. The molecule has 0 nitrogen and oxygen atoms in total. The van der Waals surface area contributed by atoms with Crippen molar-refractivity contribution in [2.24, 2.45) is 0 Å². The van der Waals surface area contributed by atoms with Gasteiger partial charge in [-0.2, -0.15) is 0 Å². The maximum absolute atomic E-state index is 3.86. The molecule has 0 saturated heterocycles. The average molecular weight is 142 g/mol. The lowest BCUT2D eigenvalue weighted by Crippen LogP contribution is -1.65. The van der Waals surface area contributed by atoms with Crippen LogP contribution in [0.25, 0.3) is 0 Å². The van der Waals surface area contributed by atoms with Gasteiger partial charge in [0.25, 0.3) is 0 Å². The highest BCUT2D eigenvalue weighted by molar-refractivity contribution is 8.05. The van der Waals surface area contributed by atoms with Gasteiger partial charge in [0.2, 0.25) is 0 Å². The third-order valence-electron chi connectivity index (χ3n) is 0.856. The number of hydrogen-bond acceptors (Lipinski definition) is 1. The fourth-order valence-electron chi connectivity index (χ4n) is 0.285. The molecule has 0 fully saturated rings. The molecule has 0 saturated carbocycles. The minimum atomic E-state index is 1.06. The highest BCUT2D eigenvalue weighted by Crippen LogP contribution is 2.18. The molecule has 0 amide bonds. The molecule has 0 heterocycles. The zero-order valence-corrected chi connectivity index (χ0v) is 7.22. The van der Waals surface area contributed by atoms with Crippen LogP contribution in [-0.4, -0.2) is 0 Å². The van der Waals surface area contributed by atoms with Crippen molar-refractivity contribution in [3.63, 3.8) is 0 Å². The number of allylic oxidation sites excluding steroid dienone is 2. The molecule has 9 heavy (non-hydrogen) atoms. The van der Waals surface area contributed by atoms with Gasteiger partial charge in [0.05, 0.1) is 0 Å². The summed E-state index contributed by atoms with van der Waals surface area (Å²) in [7, 11) is 0. The Morgan fingerprint density at radius 1 is 1.56 bits per heavy atom. The molecule has 0 bridgehead atoms. The second-order valence-corrected chi connectivity index (χ2v) is 3.25. The smallest absolute Gasteiger partial charge is 0.0183 e. The minimum Gasteiger partial charge on any atom is -0.103 e. The number of hydrogen-bond donors (Lipinski definition) is 0. The Morgan fingerprint density at radius 3 is 2.44 bits per heavy atom. The van der Waals surface area contributed by atoms with Crippen molar-refractivity contribution >= 4 is 11.8 Å². The van der Waals surface area contributed by atoms with Gasteiger partial charge in [-0.05, 0) is 30.6 Å². The maximum Gasteiger partial charge on any atom is -0.0183 e. The van der Waals surface area contributed by atoms with Crippen LogP contribution in [0.4, 0.5) is 0 Å². The van der Waals surface area contributed by atoms with Crippen LogP contribution in [0.5, 0.6) is 0 Å². The normalized spacial score (nSPS) is 8.78. The van der Waals surface area contributed by atoms with E-state index in [0.29, 0.717) is 0 Å². The first kappa shape index (κ1) is 8.83. The van der Waals surface area contributed by atoms with Crippen molar-refractivity contribution in [1.29, 1.82) is 0 Å². The van der Waals surface area contributed by atoms with Crippen molar-refractivity contribution < 1.29 is 0 Å². The fraction of sp³-hybridized carbons (Fsp3) is 0.500. The Labute approximate surface area is 62.0 Å². The highest BCUT2D eigenvalue weighted by atomic mass is 32.2. The first-order valence-electron chi connectivity index (χ1n) is 3.14. The SMILES string of the molecule is C=C(CC)SC=C(C)C. The molecule has 0 aromatic carbocycles. The van der Waals surface area contributed by atoms with Gasteiger partial charge in [-0.1, -0.05) is 19.1 Å². The van der Waals surface area contributed by atoms with Crippen molar-refractivity contribution in [2.45, 2.75) is 27.2 Å². The van der Waals surface area contributed by atoms with Gasteiger partial charge in [0.15, 0.2) is 0 Å². The lowest BCUT2D eigenvalue weighted by atomic mass is 10.4. The molecule has 0 N–H and O–H groups in total. The molecule has 0 unspecified atom stereocenters. The molecular formula is C8H14S. The van der Waals surface area contributed by atoms with Crippen LogP contribution in [0.3, 0.4) is 0 Å². The van der Waals surface area contributed by atoms with Crippen LogP contribution in [0.15, 0.2) is 22.5 Å². The molecular weight excluding hydrogens is 128 g/mol. The van der Waals surface area contributed by atoms with Gasteiger partial charge >= 0.3 is 0 Å². The Bertz CT molecular complexity index is 119. The summed E-state index contributed by atoms with van der Waals surface area (Å²) in [6.07, 6.45) is 1.06. The average Bonchev–Trinajstić information content (AvgIpc) is 1.83. The molecule has 0 spiro atoms. The Hall–Kier alpha value is -0.170. The highest BCUT2D eigenvalue weighted by Gasteiger charge is 1.85. The van der Waals surface area contributed by atoms with Crippen molar-refractivity contribution in [3.05, 3.63) is 22.5 Å². The molecule has 1 heteroatoms. The van der Waals surface area contributed by atoms with Crippen LogP contribution >= 0.6 is 11.8 Å². The Morgan fingerprint density at radius 2 is 2.11 bits per heavy atom. The predicted octanol–water partition coefficient (Wildman–Crippen LogP) is 3.57. The fourth-order valence-corrected chi connectivity index (χ4v) is 0.854. The van der Waals surface area contributed by atoms with E-state index in [1.807, 2.05) is 0 Å². The summed E-state index contributed by atoms with van der Waals surface area (Å²) in [4.78, 5) is 1.23. The molecule has 0 aromatic rings. The second kappa shape index (κ2) is 4.68. The first-order valence-corrected chi connectivity index (χ1v) is 4.02. The van der Waals surface area contributed by atoms with E-state index in [9.17, 15) is 0 Å². The molecule has 52 valence electrons. The minimum absolute atomic E-state index is 1.06. The van der Waals surface area contributed by atoms with Crippen molar-refractivity contribution in [2.75, 3.05) is 0 Å². The third-order valence-corrected chi connectivity index (χ3v) is 2.07. The van der Waals surface area contributed by atoms with Crippen molar-refractivity contribution in [3.8, 4) is 0 Å². The van der Waals surface area contributed by atoms with E-state index in [0.717, 1.165) is 6.42 Å². The predicted molar refractivity (Wildman–Crippen MR) is 46.5 cm³/mol. The van der Waals surface area contributed by atoms with E-state index in [1.54, 1.807) is 11.8 Å². The summed E-state index contributed by atoms with van der Waals surface area (Å²) < 4.78 is 0. The number of thioether (sulfide) groups is 1. The van der Waals surface area contributed by atoms with Gasteiger partial charge < -0.3 is 0 Å². The summed E-state index contributed by atoms with van der Waals surface area (Å²) in [5.74, 6) is 0. The van der Waals surface area contributed by atoms with Crippen LogP contribution in [0.2, 0.25) is 0 Å². The van der Waals surface area contributed by atoms with Crippen LogP contribution < -0.4 is 0 Å². The zero-order valence-electron chi connectivity index (χ0n) is 6.40. The molecule has 0 aromatic heterocycles. The zero-order chi connectivity index (χ0) is 7.28. The largest absolute Gasteiger partial charge is 0.103 e. The monoisotopic (exact) mass is 142 g/mol. The second-order valence-electron chi connectivity index (χ2n) is 2.21. The summed E-state index contributed by atoms with van der Waals surface area (Å²) in [5.41, 5.74) is 1.34. The van der Waals surface area contributed by atoms with Gasteiger partial charge in [-0.25, -0.2) is 0 Å². The topological polar surface area (TPSA) is 0 Å². The lowest BCUT2D eigenvalue weighted by Gasteiger charge is -1.94. The van der Waals surface area contributed by atoms with Gasteiger partial charge in [-0.15, -0.1) is 11.8 Å². The Balaban J connectivity index is 3.50. The molecule has 0 aliphatic rings.